The lowest BCUT2D eigenvalue weighted by molar-refractivity contribution is 0.0916. The minimum atomic E-state index is -0.640. The number of aliphatic hydroxyl groups excluding tert-OH is 1. The van der Waals surface area contributed by atoms with E-state index in [2.05, 4.69) is 5.32 Å². The zero-order chi connectivity index (χ0) is 15.2. The lowest BCUT2D eigenvalue weighted by Gasteiger charge is -2.12. The molecule has 0 saturated heterocycles. The molecule has 1 amide bonds. The molecule has 0 radical (unpaired) electrons. The Morgan fingerprint density at radius 1 is 1.10 bits per heavy atom. The first-order chi connectivity index (χ1) is 10.1. The van der Waals surface area contributed by atoms with Crippen LogP contribution in [0.4, 0.5) is 0 Å². The molecule has 0 aliphatic carbocycles. The normalized spacial score (nSPS) is 12.0. The van der Waals surface area contributed by atoms with Crippen molar-refractivity contribution in [3.8, 4) is 0 Å². The van der Waals surface area contributed by atoms with Gasteiger partial charge >= 0.3 is 0 Å². The first-order valence-electron chi connectivity index (χ1n) is 6.51. The molecule has 110 valence electrons. The molecule has 0 spiro atoms. The van der Waals surface area contributed by atoms with Gasteiger partial charge in [-0.3, -0.25) is 4.79 Å². The molecular weight excluding hydrogens is 309 g/mol. The minimum absolute atomic E-state index is 0.175. The molecule has 2 rings (SSSR count). The van der Waals surface area contributed by atoms with E-state index >= 15 is 0 Å². The monoisotopic (exact) mass is 323 g/mol. The van der Waals surface area contributed by atoms with Gasteiger partial charge in [0.1, 0.15) is 0 Å². The Morgan fingerprint density at radius 3 is 2.48 bits per heavy atom. The number of carbonyl (C=O) groups is 1. The fraction of sp³-hybridized carbons (Fsp3) is 0.188. The van der Waals surface area contributed by atoms with Crippen molar-refractivity contribution in [3.63, 3.8) is 0 Å². The lowest BCUT2D eigenvalue weighted by atomic mass is 10.1. The first kappa shape index (κ1) is 15.8. The molecule has 2 aromatic rings. The number of carbonyl (C=O) groups excluding carboxylic acids is 1. The van der Waals surface area contributed by atoms with Crippen LogP contribution in [-0.4, -0.2) is 23.7 Å². The summed E-state index contributed by atoms with van der Waals surface area (Å²) in [5.74, 6) is -0.291. The number of hydrogen-bond acceptors (Lipinski definition) is 2. The minimum Gasteiger partial charge on any atom is -0.391 e. The van der Waals surface area contributed by atoms with E-state index in [-0.39, 0.29) is 12.5 Å². The Balaban J connectivity index is 1.87. The van der Waals surface area contributed by atoms with Gasteiger partial charge in [-0.15, -0.1) is 0 Å². The van der Waals surface area contributed by atoms with Crippen molar-refractivity contribution in [1.29, 1.82) is 0 Å². The SMILES string of the molecule is O=C(NCC(O)Cc1ccccc1)c1ccc(Cl)c(Cl)c1. The Bertz CT molecular complexity index is 617. The highest BCUT2D eigenvalue weighted by Crippen LogP contribution is 2.22. The lowest BCUT2D eigenvalue weighted by Crippen LogP contribution is -2.33. The van der Waals surface area contributed by atoms with Crippen molar-refractivity contribution in [2.75, 3.05) is 6.54 Å². The number of aliphatic hydroxyl groups is 1. The van der Waals surface area contributed by atoms with Gasteiger partial charge in [0.2, 0.25) is 0 Å². The summed E-state index contributed by atoms with van der Waals surface area (Å²) in [4.78, 5) is 11.9. The van der Waals surface area contributed by atoms with Crippen molar-refractivity contribution in [2.45, 2.75) is 12.5 Å². The first-order valence-corrected chi connectivity index (χ1v) is 7.27. The molecule has 3 nitrogen and oxygen atoms in total. The molecule has 0 aromatic heterocycles. The summed E-state index contributed by atoms with van der Waals surface area (Å²) in [6, 6.07) is 14.3. The third-order valence-electron chi connectivity index (χ3n) is 2.99. The second-order valence-electron chi connectivity index (χ2n) is 4.68. The van der Waals surface area contributed by atoms with Crippen molar-refractivity contribution in [1.82, 2.24) is 5.32 Å². The second kappa shape index (κ2) is 7.46. The summed E-state index contributed by atoms with van der Waals surface area (Å²) in [5.41, 5.74) is 1.44. The van der Waals surface area contributed by atoms with Gasteiger partial charge in [0, 0.05) is 18.5 Å². The maximum Gasteiger partial charge on any atom is 0.251 e. The third-order valence-corrected chi connectivity index (χ3v) is 3.73. The van der Waals surface area contributed by atoms with E-state index in [1.54, 1.807) is 12.1 Å². The molecule has 0 aliphatic heterocycles. The summed E-state index contributed by atoms with van der Waals surface area (Å²) in [7, 11) is 0. The van der Waals surface area contributed by atoms with Crippen LogP contribution < -0.4 is 5.32 Å². The smallest absolute Gasteiger partial charge is 0.251 e. The van der Waals surface area contributed by atoms with Gasteiger partial charge < -0.3 is 10.4 Å². The number of hydrogen-bond donors (Lipinski definition) is 2. The van der Waals surface area contributed by atoms with Gasteiger partial charge in [0.15, 0.2) is 0 Å². The number of nitrogens with one attached hydrogen (secondary N) is 1. The van der Waals surface area contributed by atoms with E-state index in [0.717, 1.165) is 5.56 Å². The topological polar surface area (TPSA) is 49.3 Å². The molecular formula is C16H15Cl2NO2. The van der Waals surface area contributed by atoms with Gasteiger partial charge in [0.25, 0.3) is 5.91 Å². The highest BCUT2D eigenvalue weighted by atomic mass is 35.5. The van der Waals surface area contributed by atoms with Gasteiger partial charge in [-0.2, -0.15) is 0 Å². The largest absolute Gasteiger partial charge is 0.391 e. The zero-order valence-corrected chi connectivity index (χ0v) is 12.7. The molecule has 2 aromatic carbocycles. The molecule has 0 saturated carbocycles. The molecule has 0 heterocycles. The predicted molar refractivity (Wildman–Crippen MR) is 84.9 cm³/mol. The van der Waals surface area contributed by atoms with E-state index < -0.39 is 6.10 Å². The summed E-state index contributed by atoms with van der Waals surface area (Å²) in [5, 5.41) is 13.3. The standard InChI is InChI=1S/C16H15Cl2NO2/c17-14-7-6-12(9-15(14)18)16(21)19-10-13(20)8-11-4-2-1-3-5-11/h1-7,9,13,20H,8,10H2,(H,19,21). The van der Waals surface area contributed by atoms with Crippen LogP contribution in [0.5, 0.6) is 0 Å². The molecule has 21 heavy (non-hydrogen) atoms. The summed E-state index contributed by atoms with van der Waals surface area (Å²) in [6.45, 7) is 0.175. The van der Waals surface area contributed by atoms with Crippen LogP contribution in [0.3, 0.4) is 0 Å². The molecule has 0 fully saturated rings. The Kier molecular flexibility index (Phi) is 5.62. The van der Waals surface area contributed by atoms with Crippen LogP contribution in [0.15, 0.2) is 48.5 Å². The highest BCUT2D eigenvalue weighted by Gasteiger charge is 2.11. The summed E-state index contributed by atoms with van der Waals surface area (Å²) >= 11 is 11.7. The number of benzene rings is 2. The van der Waals surface area contributed by atoms with Crippen LogP contribution in [0.25, 0.3) is 0 Å². The van der Waals surface area contributed by atoms with Crippen molar-refractivity contribution in [2.24, 2.45) is 0 Å². The number of amides is 1. The molecule has 0 aliphatic rings. The van der Waals surface area contributed by atoms with Crippen LogP contribution >= 0.6 is 23.2 Å². The molecule has 1 unspecified atom stereocenters. The fourth-order valence-corrected chi connectivity index (χ4v) is 2.21. The van der Waals surface area contributed by atoms with Crippen molar-refractivity contribution >= 4 is 29.1 Å². The highest BCUT2D eigenvalue weighted by molar-refractivity contribution is 6.42. The van der Waals surface area contributed by atoms with Crippen LogP contribution in [0.1, 0.15) is 15.9 Å². The molecule has 5 heteroatoms. The Labute approximate surface area is 133 Å². The molecule has 1 atom stereocenters. The predicted octanol–water partition coefficient (Wildman–Crippen LogP) is 3.33. The fourth-order valence-electron chi connectivity index (χ4n) is 1.91. The van der Waals surface area contributed by atoms with E-state index in [9.17, 15) is 9.90 Å². The van der Waals surface area contributed by atoms with Crippen molar-refractivity contribution in [3.05, 3.63) is 69.7 Å². The van der Waals surface area contributed by atoms with Crippen LogP contribution in [0.2, 0.25) is 10.0 Å². The number of rotatable bonds is 5. The molecule has 0 bridgehead atoms. The summed E-state index contributed by atoms with van der Waals surface area (Å²) in [6.07, 6.45) is -0.151. The maximum absolute atomic E-state index is 11.9. The number of halogens is 2. The van der Waals surface area contributed by atoms with E-state index in [1.165, 1.54) is 6.07 Å². The third kappa shape index (κ3) is 4.74. The average Bonchev–Trinajstić information content (AvgIpc) is 2.48. The van der Waals surface area contributed by atoms with Gasteiger partial charge in [-0.1, -0.05) is 53.5 Å². The summed E-state index contributed by atoms with van der Waals surface area (Å²) < 4.78 is 0. The van der Waals surface area contributed by atoms with Gasteiger partial charge in [-0.05, 0) is 23.8 Å². The van der Waals surface area contributed by atoms with E-state index in [0.29, 0.717) is 22.0 Å². The van der Waals surface area contributed by atoms with Crippen LogP contribution in [-0.2, 0) is 6.42 Å². The Morgan fingerprint density at radius 2 is 1.81 bits per heavy atom. The average molecular weight is 324 g/mol. The Hall–Kier alpha value is -1.55. The van der Waals surface area contributed by atoms with Crippen LogP contribution in [0, 0.1) is 0 Å². The zero-order valence-electron chi connectivity index (χ0n) is 11.2. The molecule has 2 N–H and O–H groups in total. The van der Waals surface area contributed by atoms with E-state index in [4.69, 9.17) is 23.2 Å². The van der Waals surface area contributed by atoms with Gasteiger partial charge in [0.05, 0.1) is 16.1 Å². The van der Waals surface area contributed by atoms with Gasteiger partial charge in [-0.25, -0.2) is 0 Å². The van der Waals surface area contributed by atoms with E-state index in [1.807, 2.05) is 30.3 Å². The quantitative estimate of drug-likeness (QED) is 0.886. The second-order valence-corrected chi connectivity index (χ2v) is 5.50. The maximum atomic E-state index is 11.9. The van der Waals surface area contributed by atoms with Crippen molar-refractivity contribution < 1.29 is 9.90 Å².